The van der Waals surface area contributed by atoms with Crippen LogP contribution in [0.5, 0.6) is 0 Å². The molecule has 1 heterocycles. The number of nitrogens with one attached hydrogen (secondary N) is 2. The summed E-state index contributed by atoms with van der Waals surface area (Å²) in [6.07, 6.45) is 0. The molecule has 2 N–H and O–H groups in total. The van der Waals surface area contributed by atoms with E-state index >= 15 is 0 Å². The second-order valence-corrected chi connectivity index (χ2v) is 5.98. The van der Waals surface area contributed by atoms with Crippen LogP contribution in [-0.4, -0.2) is 30.1 Å². The van der Waals surface area contributed by atoms with Crippen molar-refractivity contribution in [3.05, 3.63) is 36.1 Å². The van der Waals surface area contributed by atoms with Crippen molar-refractivity contribution in [3.8, 4) is 0 Å². The maximum Gasteiger partial charge on any atom is 0.374 e. The maximum atomic E-state index is 11.8. The minimum absolute atomic E-state index is 0.00172. The first-order valence-electron chi connectivity index (χ1n) is 7.02. The number of para-hydroxylation sites is 1. The van der Waals surface area contributed by atoms with Gasteiger partial charge in [-0.3, -0.25) is 10.1 Å². The van der Waals surface area contributed by atoms with Gasteiger partial charge in [0.2, 0.25) is 5.76 Å². The summed E-state index contributed by atoms with van der Waals surface area (Å²) < 4.78 is 10.1. The van der Waals surface area contributed by atoms with Crippen LogP contribution in [0, 0.1) is 0 Å². The van der Waals surface area contributed by atoms with Crippen LogP contribution in [0.15, 0.2) is 34.7 Å². The van der Waals surface area contributed by atoms with Crippen LogP contribution in [0.1, 0.15) is 31.3 Å². The Labute approximate surface area is 133 Å². The summed E-state index contributed by atoms with van der Waals surface area (Å²) in [6, 6.07) is 7.98. The number of rotatable bonds is 3. The number of benzene rings is 1. The monoisotopic (exact) mass is 318 g/mol. The highest BCUT2D eigenvalue weighted by Gasteiger charge is 2.18. The highest BCUT2D eigenvalue weighted by atomic mass is 16.5. The predicted octanol–water partition coefficient (Wildman–Crippen LogP) is 2.21. The number of furan rings is 1. The lowest BCUT2D eigenvalue weighted by atomic mass is 10.1. The van der Waals surface area contributed by atoms with Gasteiger partial charge in [0.25, 0.3) is 5.91 Å². The molecule has 7 nitrogen and oxygen atoms in total. The summed E-state index contributed by atoms with van der Waals surface area (Å²) in [5.74, 6) is -1.50. The minimum atomic E-state index is -0.771. The molecule has 0 unspecified atom stereocenters. The molecule has 0 atom stereocenters. The molecule has 0 saturated carbocycles. The van der Waals surface area contributed by atoms with Crippen LogP contribution in [0.4, 0.5) is 4.79 Å². The number of esters is 1. The van der Waals surface area contributed by atoms with Crippen molar-refractivity contribution in [2.24, 2.45) is 0 Å². The molecule has 2 aromatic rings. The van der Waals surface area contributed by atoms with Gasteiger partial charge in [0.1, 0.15) is 5.58 Å². The molecule has 0 fully saturated rings. The Morgan fingerprint density at radius 2 is 1.87 bits per heavy atom. The molecule has 1 aromatic carbocycles. The van der Waals surface area contributed by atoms with Gasteiger partial charge in [-0.05, 0) is 32.9 Å². The standard InChI is InChI=1S/C16H18N2O5/c1-16(2,3)18-15(21)17-13(19)9-22-14(20)12-8-10-6-4-5-7-11(10)23-12/h4-8H,9H2,1-3H3,(H2,17,18,19,21). The van der Waals surface area contributed by atoms with E-state index in [1.54, 1.807) is 39.0 Å². The van der Waals surface area contributed by atoms with Crippen molar-refractivity contribution in [2.75, 3.05) is 6.61 Å². The first kappa shape index (κ1) is 16.5. The molecule has 122 valence electrons. The largest absolute Gasteiger partial charge is 0.450 e. The molecule has 23 heavy (non-hydrogen) atoms. The van der Waals surface area contributed by atoms with E-state index in [-0.39, 0.29) is 5.76 Å². The number of ether oxygens (including phenoxy) is 1. The number of imide groups is 1. The molecule has 0 bridgehead atoms. The topological polar surface area (TPSA) is 97.6 Å². The zero-order valence-electron chi connectivity index (χ0n) is 13.1. The number of carbonyl (C=O) groups excluding carboxylic acids is 3. The third kappa shape index (κ3) is 4.84. The Morgan fingerprint density at radius 1 is 1.17 bits per heavy atom. The Morgan fingerprint density at radius 3 is 2.52 bits per heavy atom. The molecule has 0 aliphatic heterocycles. The average Bonchev–Trinajstić information content (AvgIpc) is 2.86. The lowest BCUT2D eigenvalue weighted by Gasteiger charge is -2.20. The molecular weight excluding hydrogens is 300 g/mol. The lowest BCUT2D eigenvalue weighted by Crippen LogP contribution is -2.49. The Hall–Kier alpha value is -2.83. The number of hydrogen-bond acceptors (Lipinski definition) is 5. The Kier molecular flexibility index (Phi) is 4.68. The van der Waals surface area contributed by atoms with Crippen molar-refractivity contribution in [1.82, 2.24) is 10.6 Å². The lowest BCUT2D eigenvalue weighted by molar-refractivity contribution is -0.123. The highest BCUT2D eigenvalue weighted by Crippen LogP contribution is 2.19. The molecule has 0 radical (unpaired) electrons. The molecule has 7 heteroatoms. The normalized spacial score (nSPS) is 11.1. The van der Waals surface area contributed by atoms with E-state index in [1.807, 2.05) is 6.07 Å². The summed E-state index contributed by atoms with van der Waals surface area (Å²) in [5.41, 5.74) is 0.0726. The fourth-order valence-electron chi connectivity index (χ4n) is 1.82. The minimum Gasteiger partial charge on any atom is -0.450 e. The summed E-state index contributed by atoms with van der Waals surface area (Å²) in [7, 11) is 0. The number of amides is 3. The first-order valence-corrected chi connectivity index (χ1v) is 7.02. The zero-order valence-corrected chi connectivity index (χ0v) is 13.1. The second-order valence-electron chi connectivity index (χ2n) is 5.98. The van der Waals surface area contributed by atoms with Gasteiger partial charge < -0.3 is 14.5 Å². The number of hydrogen-bond donors (Lipinski definition) is 2. The molecular formula is C16H18N2O5. The number of urea groups is 1. The van der Waals surface area contributed by atoms with Crippen LogP contribution in [0.2, 0.25) is 0 Å². The first-order chi connectivity index (χ1) is 10.7. The number of fused-ring (bicyclic) bond motifs is 1. The predicted molar refractivity (Wildman–Crippen MR) is 82.9 cm³/mol. The fraction of sp³-hybridized carbons (Fsp3) is 0.312. The maximum absolute atomic E-state index is 11.8. The van der Waals surface area contributed by atoms with E-state index in [1.165, 1.54) is 6.07 Å². The second kappa shape index (κ2) is 6.51. The highest BCUT2D eigenvalue weighted by molar-refractivity contribution is 5.97. The van der Waals surface area contributed by atoms with Crippen LogP contribution in [-0.2, 0) is 9.53 Å². The van der Waals surface area contributed by atoms with Gasteiger partial charge in [-0.25, -0.2) is 9.59 Å². The van der Waals surface area contributed by atoms with E-state index in [2.05, 4.69) is 10.6 Å². The van der Waals surface area contributed by atoms with E-state index < -0.39 is 30.1 Å². The Bertz CT molecular complexity index is 709. The van der Waals surface area contributed by atoms with Crippen molar-refractivity contribution in [1.29, 1.82) is 0 Å². The summed E-state index contributed by atoms with van der Waals surface area (Å²) in [6.45, 7) is 4.75. The van der Waals surface area contributed by atoms with Crippen molar-refractivity contribution in [2.45, 2.75) is 26.3 Å². The van der Waals surface area contributed by atoms with Gasteiger partial charge in [0, 0.05) is 10.9 Å². The molecule has 0 saturated heterocycles. The SMILES string of the molecule is CC(C)(C)NC(=O)NC(=O)COC(=O)c1cc2ccccc2o1. The molecule has 1 aromatic heterocycles. The van der Waals surface area contributed by atoms with Crippen LogP contribution in [0.3, 0.4) is 0 Å². The zero-order chi connectivity index (χ0) is 17.0. The summed E-state index contributed by atoms with van der Waals surface area (Å²) in [4.78, 5) is 34.9. The molecule has 0 aliphatic rings. The average molecular weight is 318 g/mol. The van der Waals surface area contributed by atoms with Gasteiger partial charge in [-0.15, -0.1) is 0 Å². The van der Waals surface area contributed by atoms with Gasteiger partial charge in [0.15, 0.2) is 6.61 Å². The van der Waals surface area contributed by atoms with Gasteiger partial charge >= 0.3 is 12.0 Å². The van der Waals surface area contributed by atoms with Crippen molar-refractivity contribution >= 4 is 28.9 Å². The van der Waals surface area contributed by atoms with Crippen LogP contribution in [0.25, 0.3) is 11.0 Å². The number of carbonyl (C=O) groups is 3. The van der Waals surface area contributed by atoms with E-state index in [4.69, 9.17) is 9.15 Å². The summed E-state index contributed by atoms with van der Waals surface area (Å²) in [5, 5.41) is 5.39. The third-order valence-electron chi connectivity index (χ3n) is 2.70. The smallest absolute Gasteiger partial charge is 0.374 e. The van der Waals surface area contributed by atoms with E-state index in [0.29, 0.717) is 5.58 Å². The molecule has 2 rings (SSSR count). The van der Waals surface area contributed by atoms with Gasteiger partial charge in [-0.1, -0.05) is 18.2 Å². The third-order valence-corrected chi connectivity index (χ3v) is 2.70. The van der Waals surface area contributed by atoms with Gasteiger partial charge in [-0.2, -0.15) is 0 Å². The van der Waals surface area contributed by atoms with E-state index in [0.717, 1.165) is 5.39 Å². The van der Waals surface area contributed by atoms with E-state index in [9.17, 15) is 14.4 Å². The molecule has 0 aliphatic carbocycles. The van der Waals surface area contributed by atoms with Crippen LogP contribution < -0.4 is 10.6 Å². The molecule has 3 amide bonds. The Balaban J connectivity index is 1.86. The van der Waals surface area contributed by atoms with Crippen molar-refractivity contribution in [3.63, 3.8) is 0 Å². The fourth-order valence-corrected chi connectivity index (χ4v) is 1.82. The van der Waals surface area contributed by atoms with Crippen molar-refractivity contribution < 1.29 is 23.5 Å². The molecule has 0 spiro atoms. The van der Waals surface area contributed by atoms with Crippen LogP contribution >= 0.6 is 0 Å². The van der Waals surface area contributed by atoms with Gasteiger partial charge in [0.05, 0.1) is 0 Å². The summed E-state index contributed by atoms with van der Waals surface area (Å²) >= 11 is 0. The quantitative estimate of drug-likeness (QED) is 0.846.